The van der Waals surface area contributed by atoms with E-state index >= 15 is 0 Å². The molecule has 0 aliphatic carbocycles. The Labute approximate surface area is 357 Å². The van der Waals surface area contributed by atoms with E-state index in [1.807, 2.05) is 0 Å². The first-order valence-electron chi connectivity index (χ1n) is 18.5. The van der Waals surface area contributed by atoms with Crippen molar-refractivity contribution in [3.8, 4) is 0 Å². The molecule has 2 aliphatic heterocycles. The number of phosphoric acid groups is 1. The number of nitrogens with zero attached hydrogens (tertiary/aromatic N) is 2. The molecular formula is C35H47N4O23P. The summed E-state index contributed by atoms with van der Waals surface area (Å²) in [7, 11) is -5.02. The maximum Gasteiger partial charge on any atom is 0.475 e. The van der Waals surface area contributed by atoms with Gasteiger partial charge in [0.05, 0.1) is 26.2 Å². The molecule has 63 heavy (non-hydrogen) atoms. The fraction of sp³-hybridized carbons (Fsp3) is 0.629. The number of rotatable bonds is 18. The maximum atomic E-state index is 14.0. The summed E-state index contributed by atoms with van der Waals surface area (Å²) in [6, 6.07) is -0.486. The topological polar surface area (TPSA) is 351 Å². The number of aromatic nitrogens is 2. The average Bonchev–Trinajstić information content (AvgIpc) is 3.45. The van der Waals surface area contributed by atoms with Gasteiger partial charge in [-0.3, -0.25) is 47.4 Å². The highest BCUT2D eigenvalue weighted by atomic mass is 31.2. The second-order valence-corrected chi connectivity index (χ2v) is 15.1. The van der Waals surface area contributed by atoms with Crippen molar-refractivity contribution < 1.29 is 104 Å². The van der Waals surface area contributed by atoms with Gasteiger partial charge in [-0.25, -0.2) is 18.7 Å². The van der Waals surface area contributed by atoms with Crippen LogP contribution in [0.3, 0.4) is 0 Å². The summed E-state index contributed by atoms with van der Waals surface area (Å²) in [4.78, 5) is 139. The zero-order valence-corrected chi connectivity index (χ0v) is 36.1. The standard InChI is InChI=1S/C35H47N4O23P/c1-15(40)36-26-10-11-39(34(49)38-26)32-31(59-22(8)47)29(58-21(7)46)25(60-32)14-54-63(50,51)62-35(33(48)52-9)12-23(55-18(4)43)27(37-16(2)41)30(61-35)28(57-20(6)45)24(56-19(5)44)13-53-17(3)42/h10-11,23-25,27-32H,12-14H2,1-9H3,(H,37,41)(H,50,51)(H,36,38,40,49)/t23-,24+,25+,27+,28+,29+,30-,31+,32+,35+/m0/s1. The van der Waals surface area contributed by atoms with E-state index in [0.29, 0.717) is 0 Å². The molecule has 0 saturated carbocycles. The number of carbonyl (C=O) groups is 9. The van der Waals surface area contributed by atoms with Crippen molar-refractivity contribution in [2.24, 2.45) is 0 Å². The lowest BCUT2D eigenvalue weighted by molar-refractivity contribution is -0.293. The zero-order valence-electron chi connectivity index (χ0n) is 35.2. The molecule has 0 spiro atoms. The molecule has 2 amide bonds. The van der Waals surface area contributed by atoms with Crippen LogP contribution in [-0.4, -0.2) is 143 Å². The van der Waals surface area contributed by atoms with Gasteiger partial charge in [-0.1, -0.05) is 0 Å². The third kappa shape index (κ3) is 14.6. The van der Waals surface area contributed by atoms with E-state index in [0.717, 1.165) is 73.3 Å². The highest BCUT2D eigenvalue weighted by molar-refractivity contribution is 7.47. The molecule has 28 heteroatoms. The number of amides is 2. The lowest BCUT2D eigenvalue weighted by atomic mass is 9.88. The summed E-state index contributed by atoms with van der Waals surface area (Å²) in [6.07, 6.45) is -14.4. The first-order chi connectivity index (χ1) is 29.3. The fourth-order valence-corrected chi connectivity index (χ4v) is 7.40. The molecule has 350 valence electrons. The van der Waals surface area contributed by atoms with Crippen LogP contribution in [0, 0.1) is 0 Å². The summed E-state index contributed by atoms with van der Waals surface area (Å²) in [5, 5.41) is 4.71. The number of methoxy groups -OCH3 is 1. The number of nitrogens with one attached hydrogen (secondary N) is 2. The second kappa shape index (κ2) is 22.0. The van der Waals surface area contributed by atoms with Gasteiger partial charge in [-0.05, 0) is 6.07 Å². The average molecular weight is 923 g/mol. The molecule has 2 saturated heterocycles. The van der Waals surface area contributed by atoms with Crippen LogP contribution in [0.15, 0.2) is 17.1 Å². The quantitative estimate of drug-likeness (QED) is 0.0867. The van der Waals surface area contributed by atoms with Crippen molar-refractivity contribution in [2.75, 3.05) is 25.6 Å². The highest BCUT2D eigenvalue weighted by Crippen LogP contribution is 2.52. The molecule has 1 unspecified atom stereocenters. The van der Waals surface area contributed by atoms with Gasteiger partial charge in [-0.15, -0.1) is 0 Å². The second-order valence-electron chi connectivity index (χ2n) is 13.7. The van der Waals surface area contributed by atoms with Crippen LogP contribution in [0.4, 0.5) is 5.82 Å². The van der Waals surface area contributed by atoms with Crippen LogP contribution >= 0.6 is 7.82 Å². The number of hydrogen-bond acceptors (Lipinski definition) is 23. The highest BCUT2D eigenvalue weighted by Gasteiger charge is 2.62. The van der Waals surface area contributed by atoms with Crippen molar-refractivity contribution in [2.45, 2.75) is 123 Å². The molecule has 2 aliphatic rings. The van der Waals surface area contributed by atoms with Gasteiger partial charge in [0.15, 0.2) is 30.6 Å². The Morgan fingerprint density at radius 2 is 1.48 bits per heavy atom. The largest absolute Gasteiger partial charge is 0.475 e. The van der Waals surface area contributed by atoms with E-state index in [1.165, 1.54) is 6.07 Å². The first-order valence-corrected chi connectivity index (χ1v) is 20.0. The van der Waals surface area contributed by atoms with Crippen LogP contribution in [0.1, 0.15) is 68.0 Å². The van der Waals surface area contributed by atoms with Crippen molar-refractivity contribution in [3.05, 3.63) is 22.7 Å². The van der Waals surface area contributed by atoms with Gasteiger partial charge < -0.3 is 58.2 Å². The molecular weight excluding hydrogens is 875 g/mol. The van der Waals surface area contributed by atoms with Gasteiger partial charge in [0.2, 0.25) is 11.8 Å². The third-order valence-corrected chi connectivity index (χ3v) is 9.46. The molecule has 1 aromatic heterocycles. The molecule has 2 fully saturated rings. The van der Waals surface area contributed by atoms with Crippen LogP contribution in [-0.2, 0) is 99.4 Å². The Morgan fingerprint density at radius 1 is 0.873 bits per heavy atom. The van der Waals surface area contributed by atoms with Crippen LogP contribution in [0.2, 0.25) is 0 Å². The molecule has 27 nitrogen and oxygen atoms in total. The molecule has 3 rings (SSSR count). The number of esters is 7. The molecule has 0 aromatic carbocycles. The number of hydrogen-bond donors (Lipinski definition) is 3. The summed E-state index contributed by atoms with van der Waals surface area (Å²) in [6.45, 7) is 5.86. The van der Waals surface area contributed by atoms with E-state index in [2.05, 4.69) is 15.6 Å². The summed E-state index contributed by atoms with van der Waals surface area (Å²) >= 11 is 0. The molecule has 3 heterocycles. The summed E-state index contributed by atoms with van der Waals surface area (Å²) in [5.41, 5.74) is -1.07. The van der Waals surface area contributed by atoms with Gasteiger partial charge in [0.1, 0.15) is 30.7 Å². The minimum absolute atomic E-state index is 0.169. The van der Waals surface area contributed by atoms with Gasteiger partial charge in [-0.2, -0.15) is 4.98 Å². The molecule has 3 N–H and O–H groups in total. The minimum atomic E-state index is -5.81. The molecule has 1 aromatic rings. The number of anilines is 1. The van der Waals surface area contributed by atoms with E-state index < -0.39 is 148 Å². The Balaban J connectivity index is 2.14. The monoisotopic (exact) mass is 922 g/mol. The smallest absolute Gasteiger partial charge is 0.465 e. The zero-order chi connectivity index (χ0) is 47.6. The van der Waals surface area contributed by atoms with Gasteiger partial charge in [0, 0.05) is 61.6 Å². The maximum absolute atomic E-state index is 14.0. The summed E-state index contributed by atoms with van der Waals surface area (Å²) < 4.78 is 73.9. The van der Waals surface area contributed by atoms with E-state index in [4.69, 9.17) is 51.7 Å². The normalized spacial score (nSPS) is 26.0. The van der Waals surface area contributed by atoms with Crippen molar-refractivity contribution >= 4 is 67.2 Å². The van der Waals surface area contributed by atoms with Crippen LogP contribution in [0.25, 0.3) is 0 Å². The molecule has 0 radical (unpaired) electrons. The lowest BCUT2D eigenvalue weighted by Crippen LogP contribution is -2.69. The van der Waals surface area contributed by atoms with Crippen molar-refractivity contribution in [1.82, 2.24) is 14.9 Å². The Hall–Kier alpha value is -5.86. The predicted molar refractivity (Wildman–Crippen MR) is 200 cm³/mol. The van der Waals surface area contributed by atoms with Crippen molar-refractivity contribution in [3.63, 3.8) is 0 Å². The Morgan fingerprint density at radius 3 is 1.98 bits per heavy atom. The predicted octanol–water partition coefficient (Wildman–Crippen LogP) is -1.38. The van der Waals surface area contributed by atoms with Crippen LogP contribution < -0.4 is 16.3 Å². The minimum Gasteiger partial charge on any atom is -0.465 e. The first kappa shape index (κ1) is 51.5. The number of phosphoric ester groups is 1. The SMILES string of the molecule is COC(=O)[C@]1(OP(=O)(O)OC[C@H]2O[C@@H](n3ccc(NC(C)=O)nc3=O)[C@H](OC(C)=O)[C@@H]2OC(C)=O)C[C@H](OC(C)=O)[C@@H](NC(C)=O)[C@@H]([C@H](OC(C)=O)[C@@H](COC(C)=O)OC(C)=O)O1. The fourth-order valence-electron chi connectivity index (χ4n) is 6.45. The van der Waals surface area contributed by atoms with Gasteiger partial charge in [0.25, 0.3) is 5.79 Å². The molecule has 11 atom stereocenters. The lowest BCUT2D eigenvalue weighted by Gasteiger charge is -2.48. The van der Waals surface area contributed by atoms with Crippen LogP contribution in [0.5, 0.6) is 0 Å². The van der Waals surface area contributed by atoms with E-state index in [-0.39, 0.29) is 5.82 Å². The Bertz CT molecular complexity index is 2040. The van der Waals surface area contributed by atoms with E-state index in [9.17, 15) is 57.4 Å². The number of ether oxygens (including phenoxy) is 9. The summed E-state index contributed by atoms with van der Waals surface area (Å²) in [5.74, 6) is -12.4. The number of carbonyl (C=O) groups excluding carboxylic acids is 9. The third-order valence-electron chi connectivity index (χ3n) is 8.46. The van der Waals surface area contributed by atoms with E-state index in [1.54, 1.807) is 0 Å². The van der Waals surface area contributed by atoms with Crippen molar-refractivity contribution in [1.29, 1.82) is 0 Å². The Kier molecular flexibility index (Phi) is 18.0. The van der Waals surface area contributed by atoms with Gasteiger partial charge >= 0.3 is 55.3 Å². The molecule has 0 bridgehead atoms.